The van der Waals surface area contributed by atoms with Gasteiger partial charge in [-0.25, -0.2) is 4.79 Å². The summed E-state index contributed by atoms with van der Waals surface area (Å²) in [5.74, 6) is 0. The summed E-state index contributed by atoms with van der Waals surface area (Å²) >= 11 is 0. The van der Waals surface area contributed by atoms with E-state index in [1.165, 1.54) is 24.1 Å². The Kier molecular flexibility index (Phi) is 5.11. The minimum atomic E-state index is -0.433. The van der Waals surface area contributed by atoms with Crippen LogP contribution in [-0.4, -0.2) is 42.3 Å². The van der Waals surface area contributed by atoms with Crippen LogP contribution in [0.1, 0.15) is 52.0 Å². The number of nitrogen functional groups attached to an aromatic ring is 1. The maximum Gasteiger partial charge on any atom is 0.410 e. The molecule has 0 aromatic heterocycles. The molecule has 0 radical (unpaired) electrons. The van der Waals surface area contributed by atoms with Crippen molar-refractivity contribution >= 4 is 17.5 Å². The van der Waals surface area contributed by atoms with Crippen molar-refractivity contribution in [1.82, 2.24) is 4.90 Å². The lowest BCUT2D eigenvalue weighted by atomic mass is 10.0. The number of rotatable bonds is 1. The van der Waals surface area contributed by atoms with Crippen LogP contribution in [0.5, 0.6) is 0 Å². The standard InChI is InChI=1S/C20H31N3O2/c1-20(2,3)25-19(24)22-12-9-17(10-13-22)23-11-5-4-6-15-14-16(21)7-8-18(15)23/h7-8,14,17H,4-6,9-13,21H2,1-3H3. The number of nitrogens with zero attached hydrogens (tertiary/aromatic N) is 2. The molecule has 1 saturated heterocycles. The third-order valence-electron chi connectivity index (χ3n) is 5.07. The first kappa shape index (κ1) is 17.9. The van der Waals surface area contributed by atoms with Crippen LogP contribution in [0.25, 0.3) is 0 Å². The summed E-state index contributed by atoms with van der Waals surface area (Å²) in [6.45, 7) is 8.36. The zero-order chi connectivity index (χ0) is 18.0. The van der Waals surface area contributed by atoms with Crippen molar-refractivity contribution in [2.45, 2.75) is 64.5 Å². The van der Waals surface area contributed by atoms with Gasteiger partial charge in [0, 0.05) is 37.1 Å². The fourth-order valence-corrected chi connectivity index (χ4v) is 3.87. The monoisotopic (exact) mass is 345 g/mol. The quantitative estimate of drug-likeness (QED) is 0.786. The van der Waals surface area contributed by atoms with Gasteiger partial charge in [-0.3, -0.25) is 0 Å². The highest BCUT2D eigenvalue weighted by atomic mass is 16.6. The molecule has 2 aliphatic heterocycles. The van der Waals surface area contributed by atoms with Gasteiger partial charge in [0.05, 0.1) is 0 Å². The highest BCUT2D eigenvalue weighted by Crippen LogP contribution is 2.32. The fourth-order valence-electron chi connectivity index (χ4n) is 3.87. The molecule has 0 saturated carbocycles. The van der Waals surface area contributed by atoms with E-state index >= 15 is 0 Å². The summed E-state index contributed by atoms with van der Waals surface area (Å²) in [5.41, 5.74) is 9.10. The maximum atomic E-state index is 12.3. The Labute approximate surface area is 151 Å². The molecule has 0 unspecified atom stereocenters. The van der Waals surface area contributed by atoms with Crippen molar-refractivity contribution in [1.29, 1.82) is 0 Å². The smallest absolute Gasteiger partial charge is 0.410 e. The van der Waals surface area contributed by atoms with E-state index < -0.39 is 5.60 Å². The molecule has 1 aromatic carbocycles. The Bertz CT molecular complexity index is 616. The second kappa shape index (κ2) is 7.14. The van der Waals surface area contributed by atoms with Gasteiger partial charge >= 0.3 is 6.09 Å². The summed E-state index contributed by atoms with van der Waals surface area (Å²) in [4.78, 5) is 16.7. The highest BCUT2D eigenvalue weighted by molar-refractivity contribution is 5.68. The molecule has 0 bridgehead atoms. The average molecular weight is 345 g/mol. The summed E-state index contributed by atoms with van der Waals surface area (Å²) in [7, 11) is 0. The number of benzene rings is 1. The maximum absolute atomic E-state index is 12.3. The van der Waals surface area contributed by atoms with Crippen molar-refractivity contribution in [3.05, 3.63) is 23.8 Å². The summed E-state index contributed by atoms with van der Waals surface area (Å²) in [6.07, 6.45) is 5.32. The van der Waals surface area contributed by atoms with Crippen LogP contribution in [0.4, 0.5) is 16.2 Å². The first-order valence-electron chi connectivity index (χ1n) is 9.46. The van der Waals surface area contributed by atoms with Gasteiger partial charge in [0.25, 0.3) is 0 Å². The molecular formula is C20H31N3O2. The third-order valence-corrected chi connectivity index (χ3v) is 5.07. The van der Waals surface area contributed by atoms with E-state index in [-0.39, 0.29) is 6.09 Å². The molecule has 1 aromatic rings. The molecule has 1 amide bonds. The Morgan fingerprint density at radius 2 is 1.88 bits per heavy atom. The van der Waals surface area contributed by atoms with Gasteiger partial charge in [-0.05, 0) is 76.6 Å². The van der Waals surface area contributed by atoms with Gasteiger partial charge < -0.3 is 20.3 Å². The molecule has 2 aliphatic rings. The predicted octanol–water partition coefficient (Wildman–Crippen LogP) is 3.81. The van der Waals surface area contributed by atoms with E-state index in [0.29, 0.717) is 6.04 Å². The van der Waals surface area contributed by atoms with Gasteiger partial charge in [0.2, 0.25) is 0 Å². The first-order valence-corrected chi connectivity index (χ1v) is 9.46. The second-order valence-corrected chi connectivity index (χ2v) is 8.24. The van der Waals surface area contributed by atoms with Crippen molar-refractivity contribution in [2.75, 3.05) is 30.3 Å². The third kappa shape index (κ3) is 4.39. The molecule has 3 rings (SSSR count). The largest absolute Gasteiger partial charge is 0.444 e. The Balaban J connectivity index is 1.66. The summed E-state index contributed by atoms with van der Waals surface area (Å²) in [5, 5.41) is 0. The van der Waals surface area contributed by atoms with Crippen molar-refractivity contribution < 1.29 is 9.53 Å². The highest BCUT2D eigenvalue weighted by Gasteiger charge is 2.30. The van der Waals surface area contributed by atoms with Gasteiger partial charge in [-0.15, -0.1) is 0 Å². The number of anilines is 2. The van der Waals surface area contributed by atoms with Crippen molar-refractivity contribution in [3.63, 3.8) is 0 Å². The number of fused-ring (bicyclic) bond motifs is 1. The predicted molar refractivity (Wildman–Crippen MR) is 102 cm³/mol. The molecule has 138 valence electrons. The Hall–Kier alpha value is -1.91. The van der Waals surface area contributed by atoms with Crippen LogP contribution in [0.2, 0.25) is 0 Å². The van der Waals surface area contributed by atoms with Gasteiger partial charge in [-0.2, -0.15) is 0 Å². The van der Waals surface area contributed by atoms with Crippen LogP contribution in [0.3, 0.4) is 0 Å². The van der Waals surface area contributed by atoms with Crippen LogP contribution < -0.4 is 10.6 Å². The van der Waals surface area contributed by atoms with Crippen molar-refractivity contribution in [2.24, 2.45) is 0 Å². The minimum absolute atomic E-state index is 0.185. The molecule has 0 aliphatic carbocycles. The molecule has 2 heterocycles. The number of ether oxygens (including phenoxy) is 1. The molecule has 1 fully saturated rings. The molecule has 2 N–H and O–H groups in total. The van der Waals surface area contributed by atoms with E-state index in [9.17, 15) is 4.79 Å². The normalized spacial score (nSPS) is 19.3. The molecule has 0 spiro atoms. The van der Waals surface area contributed by atoms with E-state index in [1.807, 2.05) is 31.7 Å². The number of carbonyl (C=O) groups is 1. The number of hydrogen-bond acceptors (Lipinski definition) is 4. The summed E-state index contributed by atoms with van der Waals surface area (Å²) < 4.78 is 5.51. The first-order chi connectivity index (χ1) is 11.8. The summed E-state index contributed by atoms with van der Waals surface area (Å²) in [6, 6.07) is 6.80. The molecule has 5 heteroatoms. The zero-order valence-corrected chi connectivity index (χ0v) is 15.8. The average Bonchev–Trinajstić information content (AvgIpc) is 2.75. The van der Waals surface area contributed by atoms with Crippen LogP contribution in [-0.2, 0) is 11.2 Å². The zero-order valence-electron chi connectivity index (χ0n) is 15.8. The number of piperidine rings is 1. The lowest BCUT2D eigenvalue weighted by Crippen LogP contribution is -2.48. The van der Waals surface area contributed by atoms with E-state index in [4.69, 9.17) is 10.5 Å². The number of carbonyl (C=O) groups excluding carboxylic acids is 1. The SMILES string of the molecule is CC(C)(C)OC(=O)N1CCC(N2CCCCc3cc(N)ccc32)CC1. The molecule has 25 heavy (non-hydrogen) atoms. The molecule has 5 nitrogen and oxygen atoms in total. The van der Waals surface area contributed by atoms with E-state index in [0.717, 1.165) is 44.6 Å². The number of aryl methyl sites for hydroxylation is 1. The van der Waals surface area contributed by atoms with Gasteiger partial charge in [0.1, 0.15) is 5.60 Å². The Morgan fingerprint density at radius 1 is 1.16 bits per heavy atom. The van der Waals surface area contributed by atoms with Crippen LogP contribution in [0.15, 0.2) is 18.2 Å². The van der Waals surface area contributed by atoms with Crippen LogP contribution in [0, 0.1) is 0 Å². The number of hydrogen-bond donors (Lipinski definition) is 1. The second-order valence-electron chi connectivity index (χ2n) is 8.24. The van der Waals surface area contributed by atoms with E-state index in [1.54, 1.807) is 0 Å². The topological polar surface area (TPSA) is 58.8 Å². The fraction of sp³-hybridized carbons (Fsp3) is 0.650. The Morgan fingerprint density at radius 3 is 2.56 bits per heavy atom. The number of likely N-dealkylation sites (tertiary alicyclic amines) is 1. The number of nitrogens with two attached hydrogens (primary N) is 1. The van der Waals surface area contributed by atoms with Crippen molar-refractivity contribution in [3.8, 4) is 0 Å². The van der Waals surface area contributed by atoms with E-state index in [2.05, 4.69) is 17.0 Å². The lowest BCUT2D eigenvalue weighted by Gasteiger charge is -2.40. The lowest BCUT2D eigenvalue weighted by molar-refractivity contribution is 0.0204. The van der Waals surface area contributed by atoms with Crippen LogP contribution >= 0.6 is 0 Å². The van der Waals surface area contributed by atoms with Gasteiger partial charge in [0.15, 0.2) is 0 Å². The molecule has 0 atom stereocenters. The molecular weight excluding hydrogens is 314 g/mol. The number of amides is 1. The van der Waals surface area contributed by atoms with Gasteiger partial charge in [-0.1, -0.05) is 0 Å². The minimum Gasteiger partial charge on any atom is -0.444 e.